The zero-order valence-electron chi connectivity index (χ0n) is 10.7. The van der Waals surface area contributed by atoms with Crippen LogP contribution in [0.2, 0.25) is 0 Å². The summed E-state index contributed by atoms with van der Waals surface area (Å²) in [6, 6.07) is 5.56. The Labute approximate surface area is 117 Å². The van der Waals surface area contributed by atoms with Gasteiger partial charge in [-0.05, 0) is 37.2 Å². The van der Waals surface area contributed by atoms with Gasteiger partial charge in [-0.25, -0.2) is 5.10 Å². The molecule has 0 atom stereocenters. The van der Waals surface area contributed by atoms with Crippen LogP contribution >= 0.6 is 12.2 Å². The number of benzene rings is 1. The molecule has 4 nitrogen and oxygen atoms in total. The van der Waals surface area contributed by atoms with E-state index in [2.05, 4.69) is 15.3 Å². The average molecular weight is 300 g/mol. The Bertz CT molecular complexity index is 712. The van der Waals surface area contributed by atoms with Crippen molar-refractivity contribution in [2.75, 3.05) is 0 Å². The number of aromatic nitrogens is 3. The first-order valence-electron chi connectivity index (χ1n) is 5.65. The van der Waals surface area contributed by atoms with E-state index in [0.717, 1.165) is 11.1 Å². The molecule has 0 saturated carbocycles. The minimum atomic E-state index is -4.62. The van der Waals surface area contributed by atoms with Crippen molar-refractivity contribution in [2.24, 2.45) is 5.10 Å². The molecule has 1 aromatic heterocycles. The molecule has 20 heavy (non-hydrogen) atoms. The van der Waals surface area contributed by atoms with Gasteiger partial charge < -0.3 is 0 Å². The van der Waals surface area contributed by atoms with Crippen LogP contribution in [0.15, 0.2) is 23.3 Å². The van der Waals surface area contributed by atoms with Crippen molar-refractivity contribution < 1.29 is 13.2 Å². The summed E-state index contributed by atoms with van der Waals surface area (Å²) in [4.78, 5) is 0. The molecule has 8 heteroatoms. The van der Waals surface area contributed by atoms with Crippen molar-refractivity contribution in [3.63, 3.8) is 0 Å². The highest BCUT2D eigenvalue weighted by Gasteiger charge is 2.37. The van der Waals surface area contributed by atoms with Crippen LogP contribution in [0, 0.1) is 18.6 Å². The van der Waals surface area contributed by atoms with Crippen LogP contribution < -0.4 is 0 Å². The van der Waals surface area contributed by atoms with Crippen LogP contribution in [0.1, 0.15) is 22.5 Å². The van der Waals surface area contributed by atoms with Crippen LogP contribution in [0.3, 0.4) is 0 Å². The van der Waals surface area contributed by atoms with E-state index in [0.29, 0.717) is 10.2 Å². The largest absolute Gasteiger partial charge is 0.453 e. The number of hydrogen-bond donors (Lipinski definition) is 1. The van der Waals surface area contributed by atoms with Crippen LogP contribution in [0.5, 0.6) is 0 Å². The third kappa shape index (κ3) is 2.96. The van der Waals surface area contributed by atoms with Gasteiger partial charge in [0.2, 0.25) is 4.77 Å². The molecule has 0 aliphatic carbocycles. The van der Waals surface area contributed by atoms with Gasteiger partial charge in [0, 0.05) is 0 Å². The molecule has 106 valence electrons. The van der Waals surface area contributed by atoms with Gasteiger partial charge in [0.05, 0.1) is 6.21 Å². The Hall–Kier alpha value is -1.96. The highest BCUT2D eigenvalue weighted by atomic mass is 32.1. The fourth-order valence-electron chi connectivity index (χ4n) is 1.67. The third-order valence-electron chi connectivity index (χ3n) is 2.64. The number of nitrogens with zero attached hydrogens (tertiary/aromatic N) is 3. The predicted octanol–water partition coefficient (Wildman–Crippen LogP) is 3.46. The quantitative estimate of drug-likeness (QED) is 0.682. The number of alkyl halides is 3. The molecule has 0 aliphatic heterocycles. The zero-order chi connectivity index (χ0) is 14.9. The minimum absolute atomic E-state index is 0.210. The molecule has 0 spiro atoms. The number of aromatic amines is 1. The molecule has 0 saturated heterocycles. The van der Waals surface area contributed by atoms with Crippen molar-refractivity contribution in [1.29, 1.82) is 0 Å². The highest BCUT2D eigenvalue weighted by molar-refractivity contribution is 7.71. The second-order valence-corrected chi connectivity index (χ2v) is 4.65. The molecule has 2 rings (SSSR count). The number of nitrogens with one attached hydrogen (secondary N) is 1. The van der Waals surface area contributed by atoms with Gasteiger partial charge in [0.15, 0.2) is 0 Å². The van der Waals surface area contributed by atoms with Crippen molar-refractivity contribution in [1.82, 2.24) is 14.9 Å². The summed E-state index contributed by atoms with van der Waals surface area (Å²) in [7, 11) is 0. The molecule has 0 aliphatic rings. The lowest BCUT2D eigenvalue weighted by Crippen LogP contribution is -2.12. The maximum Gasteiger partial charge on any atom is 0.453 e. The fourth-order valence-corrected chi connectivity index (χ4v) is 1.85. The molecule has 0 bridgehead atoms. The number of rotatable bonds is 2. The van der Waals surface area contributed by atoms with Crippen LogP contribution in [0.4, 0.5) is 13.2 Å². The van der Waals surface area contributed by atoms with E-state index in [1.54, 1.807) is 6.07 Å². The number of aryl methyl sites for hydroxylation is 2. The van der Waals surface area contributed by atoms with E-state index in [-0.39, 0.29) is 4.77 Å². The lowest BCUT2D eigenvalue weighted by Gasteiger charge is -2.05. The van der Waals surface area contributed by atoms with E-state index in [1.165, 1.54) is 6.21 Å². The predicted molar refractivity (Wildman–Crippen MR) is 71.3 cm³/mol. The van der Waals surface area contributed by atoms with Crippen molar-refractivity contribution >= 4 is 18.4 Å². The van der Waals surface area contributed by atoms with Crippen molar-refractivity contribution in [2.45, 2.75) is 20.0 Å². The monoisotopic (exact) mass is 300 g/mol. The van der Waals surface area contributed by atoms with Crippen molar-refractivity contribution in [3.05, 3.63) is 45.5 Å². The molecular weight excluding hydrogens is 289 g/mol. The fraction of sp³-hybridized carbons (Fsp3) is 0.250. The standard InChI is InChI=1S/C12H11F3N4S/c1-7-3-4-9(8(2)5-7)6-16-19-10(12(13,14)15)17-18-11(19)20/h3-6H,1-2H3,(H,18,20)/b16-6-. The van der Waals surface area contributed by atoms with Gasteiger partial charge in [-0.3, -0.25) is 0 Å². The number of H-pyrrole nitrogens is 1. The molecule has 1 aromatic carbocycles. The highest BCUT2D eigenvalue weighted by Crippen LogP contribution is 2.27. The summed E-state index contributed by atoms with van der Waals surface area (Å²) in [6.45, 7) is 3.79. The van der Waals surface area contributed by atoms with E-state index >= 15 is 0 Å². The summed E-state index contributed by atoms with van der Waals surface area (Å²) in [6.07, 6.45) is -3.29. The third-order valence-corrected chi connectivity index (χ3v) is 2.91. The second-order valence-electron chi connectivity index (χ2n) is 4.27. The molecular formula is C12H11F3N4S. The Balaban J connectivity index is 2.42. The van der Waals surface area contributed by atoms with Crippen LogP contribution in [-0.4, -0.2) is 21.1 Å². The maximum absolute atomic E-state index is 12.7. The Morgan fingerprint density at radius 2 is 2.05 bits per heavy atom. The molecule has 0 unspecified atom stereocenters. The minimum Gasteiger partial charge on any atom is -0.250 e. The van der Waals surface area contributed by atoms with Gasteiger partial charge in [0.1, 0.15) is 0 Å². The Morgan fingerprint density at radius 1 is 1.35 bits per heavy atom. The lowest BCUT2D eigenvalue weighted by atomic mass is 10.1. The first-order chi connectivity index (χ1) is 9.29. The second kappa shape index (κ2) is 5.20. The van der Waals surface area contributed by atoms with Gasteiger partial charge in [-0.1, -0.05) is 23.8 Å². The summed E-state index contributed by atoms with van der Waals surface area (Å²) < 4.78 is 38.4. The van der Waals surface area contributed by atoms with Gasteiger partial charge >= 0.3 is 6.18 Å². The summed E-state index contributed by atoms with van der Waals surface area (Å²) in [5.74, 6) is -1.18. The SMILES string of the molecule is Cc1ccc(/C=N\n2c(C(F)(F)F)n[nH]c2=S)c(C)c1. The topological polar surface area (TPSA) is 46.0 Å². The first-order valence-corrected chi connectivity index (χ1v) is 6.06. The lowest BCUT2D eigenvalue weighted by molar-refractivity contribution is -0.147. The Kier molecular flexibility index (Phi) is 3.76. The van der Waals surface area contributed by atoms with E-state index in [1.807, 2.05) is 26.0 Å². The summed E-state index contributed by atoms with van der Waals surface area (Å²) >= 11 is 4.74. The number of hydrogen-bond acceptors (Lipinski definition) is 3. The van der Waals surface area contributed by atoms with Crippen LogP contribution in [-0.2, 0) is 6.18 Å². The smallest absolute Gasteiger partial charge is 0.250 e. The van der Waals surface area contributed by atoms with Gasteiger partial charge in [0.25, 0.3) is 5.82 Å². The normalized spacial score (nSPS) is 12.2. The van der Waals surface area contributed by atoms with Crippen molar-refractivity contribution in [3.8, 4) is 0 Å². The Morgan fingerprint density at radius 3 is 2.65 bits per heavy atom. The van der Waals surface area contributed by atoms with E-state index in [9.17, 15) is 13.2 Å². The zero-order valence-corrected chi connectivity index (χ0v) is 11.5. The molecule has 0 amide bonds. The average Bonchev–Trinajstić information content (AvgIpc) is 2.69. The van der Waals surface area contributed by atoms with E-state index in [4.69, 9.17) is 12.2 Å². The number of halogens is 3. The first kappa shape index (κ1) is 14.4. The molecule has 0 radical (unpaired) electrons. The maximum atomic E-state index is 12.7. The molecule has 1 heterocycles. The van der Waals surface area contributed by atoms with Gasteiger partial charge in [-0.15, -0.1) is 5.10 Å². The summed E-state index contributed by atoms with van der Waals surface area (Å²) in [5, 5.41) is 9.00. The molecule has 1 N–H and O–H groups in total. The van der Waals surface area contributed by atoms with Gasteiger partial charge in [-0.2, -0.15) is 22.9 Å². The van der Waals surface area contributed by atoms with Crippen LogP contribution in [0.25, 0.3) is 0 Å². The van der Waals surface area contributed by atoms with E-state index < -0.39 is 12.0 Å². The molecule has 0 fully saturated rings. The molecule has 2 aromatic rings. The summed E-state index contributed by atoms with van der Waals surface area (Å²) in [5.41, 5.74) is 2.69.